The van der Waals surface area contributed by atoms with Gasteiger partial charge in [0.2, 0.25) is 6.29 Å². The van der Waals surface area contributed by atoms with Crippen LogP contribution >= 0.6 is 0 Å². The average molecular weight is 430 g/mol. The molecule has 1 heterocycles. The first-order valence-electron chi connectivity index (χ1n) is 10.1. The van der Waals surface area contributed by atoms with Crippen LogP contribution in [0.1, 0.15) is 34.6 Å². The van der Waals surface area contributed by atoms with E-state index in [1.54, 1.807) is 19.1 Å². The number of benzene rings is 1. The molecular weight excluding hydrogens is 394 g/mol. The Bertz CT molecular complexity index is 731. The van der Waals surface area contributed by atoms with Gasteiger partial charge in [-0.25, -0.2) is 8.42 Å². The van der Waals surface area contributed by atoms with Gasteiger partial charge in [0.15, 0.2) is 9.84 Å². The first kappa shape index (κ1) is 23.9. The molecule has 7 nitrogen and oxygen atoms in total. The maximum atomic E-state index is 11.6. The van der Waals surface area contributed by atoms with Crippen LogP contribution in [0.2, 0.25) is 0 Å². The third-order valence-corrected chi connectivity index (χ3v) is 6.85. The van der Waals surface area contributed by atoms with Gasteiger partial charge in [-0.1, -0.05) is 27.7 Å². The summed E-state index contributed by atoms with van der Waals surface area (Å²) in [6, 6.07) is 7.31. The van der Waals surface area contributed by atoms with Crippen molar-refractivity contribution in [1.82, 2.24) is 0 Å². The SMILES string of the molecule is CC(C)C(O)C(C)(C)COC(Oc1ccc(N2CCS(=O)(=O)CC2)cc1)C(C)O. The second-order valence-corrected chi connectivity index (χ2v) is 11.2. The average Bonchev–Trinajstić information content (AvgIpc) is 2.64. The molecular formula is C21H35NO6S. The topological polar surface area (TPSA) is 96.3 Å². The Morgan fingerprint density at radius 2 is 1.62 bits per heavy atom. The first-order valence-corrected chi connectivity index (χ1v) is 11.9. The minimum atomic E-state index is -2.92. The van der Waals surface area contributed by atoms with Crippen LogP contribution in [0.3, 0.4) is 0 Å². The molecule has 0 amide bonds. The van der Waals surface area contributed by atoms with Crippen LogP contribution < -0.4 is 9.64 Å². The lowest BCUT2D eigenvalue weighted by atomic mass is 9.81. The highest BCUT2D eigenvalue weighted by atomic mass is 32.2. The second kappa shape index (κ2) is 9.64. The Morgan fingerprint density at radius 1 is 1.07 bits per heavy atom. The van der Waals surface area contributed by atoms with Crippen molar-refractivity contribution in [2.45, 2.75) is 53.1 Å². The van der Waals surface area contributed by atoms with Gasteiger partial charge in [-0.2, -0.15) is 0 Å². The van der Waals surface area contributed by atoms with Crippen molar-refractivity contribution in [3.05, 3.63) is 24.3 Å². The molecule has 2 N–H and O–H groups in total. The predicted molar refractivity (Wildman–Crippen MR) is 114 cm³/mol. The van der Waals surface area contributed by atoms with Crippen LogP contribution in [0.5, 0.6) is 5.75 Å². The molecule has 1 fully saturated rings. The van der Waals surface area contributed by atoms with Crippen LogP contribution in [0.4, 0.5) is 5.69 Å². The Morgan fingerprint density at radius 3 is 2.10 bits per heavy atom. The minimum Gasteiger partial charge on any atom is -0.462 e. The molecule has 1 aromatic carbocycles. The Balaban J connectivity index is 1.97. The van der Waals surface area contributed by atoms with Crippen molar-refractivity contribution in [2.24, 2.45) is 11.3 Å². The van der Waals surface area contributed by atoms with Gasteiger partial charge in [0, 0.05) is 24.2 Å². The summed E-state index contributed by atoms with van der Waals surface area (Å²) in [7, 11) is -2.92. The van der Waals surface area contributed by atoms with Crippen molar-refractivity contribution < 1.29 is 28.1 Å². The zero-order valence-electron chi connectivity index (χ0n) is 18.0. The highest BCUT2D eigenvalue weighted by molar-refractivity contribution is 7.91. The maximum absolute atomic E-state index is 11.6. The summed E-state index contributed by atoms with van der Waals surface area (Å²) >= 11 is 0. The van der Waals surface area contributed by atoms with E-state index in [-0.39, 0.29) is 24.0 Å². The van der Waals surface area contributed by atoms with Crippen molar-refractivity contribution in [1.29, 1.82) is 0 Å². The van der Waals surface area contributed by atoms with E-state index in [4.69, 9.17) is 9.47 Å². The smallest absolute Gasteiger partial charge is 0.225 e. The fraction of sp³-hybridized carbons (Fsp3) is 0.714. The standard InChI is InChI=1S/C21H35NO6S/c1-15(2)19(24)21(4,5)14-27-20(16(3)23)28-18-8-6-17(7-9-18)22-10-12-29(25,26)13-11-22/h6-9,15-16,19-20,23-24H,10-14H2,1-5H3. The lowest BCUT2D eigenvalue weighted by Crippen LogP contribution is -2.41. The summed E-state index contributed by atoms with van der Waals surface area (Å²) in [5.41, 5.74) is 0.450. The van der Waals surface area contributed by atoms with Crippen LogP contribution in [0, 0.1) is 11.3 Å². The van der Waals surface area contributed by atoms with Gasteiger partial charge in [0.05, 0.1) is 24.2 Å². The van der Waals surface area contributed by atoms with E-state index < -0.39 is 33.8 Å². The van der Waals surface area contributed by atoms with E-state index in [1.165, 1.54) is 0 Å². The number of rotatable bonds is 9. The van der Waals surface area contributed by atoms with Gasteiger partial charge >= 0.3 is 0 Å². The molecule has 1 aromatic rings. The van der Waals surface area contributed by atoms with E-state index in [0.29, 0.717) is 18.8 Å². The third kappa shape index (κ3) is 6.84. The summed E-state index contributed by atoms with van der Waals surface area (Å²) in [6.07, 6.45) is -2.25. The lowest BCUT2D eigenvalue weighted by Gasteiger charge is -2.34. The molecule has 8 heteroatoms. The van der Waals surface area contributed by atoms with Gasteiger partial charge in [0.25, 0.3) is 0 Å². The largest absolute Gasteiger partial charge is 0.462 e. The molecule has 2 rings (SSSR count). The molecule has 3 atom stereocenters. The molecule has 1 aliphatic heterocycles. The Kier molecular flexibility index (Phi) is 7.95. The summed E-state index contributed by atoms with van der Waals surface area (Å²) in [6.45, 7) is 10.5. The number of nitrogens with zero attached hydrogens (tertiary/aromatic N) is 1. The number of ether oxygens (including phenoxy) is 2. The molecule has 0 saturated carbocycles. The number of aliphatic hydroxyl groups is 2. The summed E-state index contributed by atoms with van der Waals surface area (Å²) < 4.78 is 34.8. The molecule has 3 unspecified atom stereocenters. The zero-order valence-corrected chi connectivity index (χ0v) is 18.9. The number of sulfone groups is 1. The fourth-order valence-electron chi connectivity index (χ4n) is 3.40. The van der Waals surface area contributed by atoms with E-state index in [1.807, 2.05) is 44.7 Å². The van der Waals surface area contributed by atoms with E-state index in [0.717, 1.165) is 5.69 Å². The molecule has 0 aromatic heterocycles. The Hall–Kier alpha value is -1.35. The first-order chi connectivity index (χ1) is 13.4. The Labute approximate surface area is 174 Å². The molecule has 166 valence electrons. The number of anilines is 1. The molecule has 1 saturated heterocycles. The zero-order chi connectivity index (χ0) is 21.8. The summed E-state index contributed by atoms with van der Waals surface area (Å²) in [5.74, 6) is 0.978. The van der Waals surface area contributed by atoms with Crippen LogP contribution in [-0.2, 0) is 14.6 Å². The number of hydrogen-bond donors (Lipinski definition) is 2. The van der Waals surface area contributed by atoms with Crippen molar-refractivity contribution in [3.8, 4) is 5.75 Å². The van der Waals surface area contributed by atoms with Crippen molar-refractivity contribution in [3.63, 3.8) is 0 Å². The molecule has 0 aliphatic carbocycles. The summed E-state index contributed by atoms with van der Waals surface area (Å²) in [5, 5.41) is 20.4. The molecule has 0 spiro atoms. The quantitative estimate of drug-likeness (QED) is 0.580. The van der Waals surface area contributed by atoms with Gasteiger partial charge in [-0.05, 0) is 37.1 Å². The molecule has 1 aliphatic rings. The van der Waals surface area contributed by atoms with E-state index in [2.05, 4.69) is 0 Å². The summed E-state index contributed by atoms with van der Waals surface area (Å²) in [4.78, 5) is 2.03. The highest BCUT2D eigenvalue weighted by Crippen LogP contribution is 2.28. The van der Waals surface area contributed by atoms with Gasteiger partial charge in [-0.3, -0.25) is 0 Å². The third-order valence-electron chi connectivity index (χ3n) is 5.24. The van der Waals surface area contributed by atoms with Crippen molar-refractivity contribution in [2.75, 3.05) is 36.1 Å². The minimum absolute atomic E-state index is 0.0943. The van der Waals surface area contributed by atoms with E-state index >= 15 is 0 Å². The molecule has 29 heavy (non-hydrogen) atoms. The molecule has 0 bridgehead atoms. The number of hydrogen-bond acceptors (Lipinski definition) is 7. The van der Waals surface area contributed by atoms with Crippen LogP contribution in [0.25, 0.3) is 0 Å². The predicted octanol–water partition coefficient (Wildman–Crippen LogP) is 2.07. The van der Waals surface area contributed by atoms with E-state index in [9.17, 15) is 18.6 Å². The molecule has 0 radical (unpaired) electrons. The van der Waals surface area contributed by atoms with Crippen LogP contribution in [0.15, 0.2) is 24.3 Å². The fourth-order valence-corrected chi connectivity index (χ4v) is 4.60. The second-order valence-electron chi connectivity index (χ2n) is 8.85. The highest BCUT2D eigenvalue weighted by Gasteiger charge is 2.32. The van der Waals surface area contributed by atoms with Gasteiger partial charge in [-0.15, -0.1) is 0 Å². The van der Waals surface area contributed by atoms with Gasteiger partial charge < -0.3 is 24.6 Å². The maximum Gasteiger partial charge on any atom is 0.225 e. The van der Waals surface area contributed by atoms with Gasteiger partial charge in [0.1, 0.15) is 11.9 Å². The van der Waals surface area contributed by atoms with Crippen molar-refractivity contribution >= 4 is 15.5 Å². The van der Waals surface area contributed by atoms with Crippen LogP contribution in [-0.4, -0.2) is 68.3 Å². The number of aliphatic hydroxyl groups excluding tert-OH is 2. The monoisotopic (exact) mass is 429 g/mol. The normalized spacial score (nSPS) is 20.3. The lowest BCUT2D eigenvalue weighted by molar-refractivity contribution is -0.169.